The lowest BCUT2D eigenvalue weighted by Crippen LogP contribution is -2.50. The second kappa shape index (κ2) is 9.45. The molecule has 0 radical (unpaired) electrons. The third-order valence-electron chi connectivity index (χ3n) is 3.59. The van der Waals surface area contributed by atoms with E-state index in [4.69, 9.17) is 40.1 Å². The van der Waals surface area contributed by atoms with Crippen molar-refractivity contribution in [3.05, 3.63) is 0 Å². The van der Waals surface area contributed by atoms with Gasteiger partial charge in [0, 0.05) is 12.8 Å². The van der Waals surface area contributed by atoms with E-state index in [0.717, 1.165) is 0 Å². The summed E-state index contributed by atoms with van der Waals surface area (Å²) >= 11 is 0. The van der Waals surface area contributed by atoms with Crippen LogP contribution >= 0.6 is 0 Å². The van der Waals surface area contributed by atoms with E-state index >= 15 is 0 Å². The predicted molar refractivity (Wildman–Crippen MR) is 73.0 cm³/mol. The number of aliphatic hydroxyl groups is 6. The van der Waals surface area contributed by atoms with Gasteiger partial charge in [0.15, 0.2) is 12.4 Å². The zero-order valence-electron chi connectivity index (χ0n) is 12.7. The summed E-state index contributed by atoms with van der Waals surface area (Å²) < 4.78 is 14.1. The standard InChI is InChI=1S/C7H12O6.C6H12O4/c1-12-6(10)4-2-3(8)5(9)7(11)13-4;7-2-4-1-5(9)6(3-8)10-4/h3-5,7-9,11H,2H2,1H3;4-9H,1-3H2/t3?,4-,5-,7?;4?,5?,6-/m11/s1. The number of aliphatic hydroxyl groups excluding tert-OH is 6. The van der Waals surface area contributed by atoms with Gasteiger partial charge < -0.3 is 44.8 Å². The number of hydrogen-bond acceptors (Lipinski definition) is 10. The van der Waals surface area contributed by atoms with Crippen LogP contribution in [0.4, 0.5) is 0 Å². The van der Waals surface area contributed by atoms with Crippen molar-refractivity contribution >= 4 is 5.97 Å². The van der Waals surface area contributed by atoms with Gasteiger partial charge in [-0.1, -0.05) is 0 Å². The number of methoxy groups -OCH3 is 1. The molecule has 2 heterocycles. The van der Waals surface area contributed by atoms with Crippen LogP contribution in [-0.2, 0) is 19.0 Å². The summed E-state index contributed by atoms with van der Waals surface area (Å²) in [4.78, 5) is 10.9. The molecule has 2 aliphatic rings. The Hall–Kier alpha value is -0.850. The molecule has 0 aromatic heterocycles. The third kappa shape index (κ3) is 5.62. The number of rotatable bonds is 3. The van der Waals surface area contributed by atoms with Crippen molar-refractivity contribution in [1.82, 2.24) is 0 Å². The van der Waals surface area contributed by atoms with Crippen LogP contribution in [0.2, 0.25) is 0 Å². The number of esters is 1. The first kappa shape index (κ1) is 20.2. The van der Waals surface area contributed by atoms with Crippen LogP contribution in [0.15, 0.2) is 0 Å². The Morgan fingerprint density at radius 2 is 1.70 bits per heavy atom. The van der Waals surface area contributed by atoms with Crippen molar-refractivity contribution in [3.63, 3.8) is 0 Å². The number of carbonyl (C=O) groups excluding carboxylic acids is 1. The van der Waals surface area contributed by atoms with Gasteiger partial charge in [0.1, 0.15) is 12.2 Å². The number of carbonyl (C=O) groups is 1. The molecule has 136 valence electrons. The first-order valence-electron chi connectivity index (χ1n) is 7.16. The Morgan fingerprint density at radius 3 is 2.09 bits per heavy atom. The van der Waals surface area contributed by atoms with Crippen LogP contribution in [-0.4, -0.2) is 99.8 Å². The average molecular weight is 340 g/mol. The fraction of sp³-hybridized carbons (Fsp3) is 0.923. The molecule has 2 fully saturated rings. The topological polar surface area (TPSA) is 166 Å². The largest absolute Gasteiger partial charge is 0.467 e. The van der Waals surface area contributed by atoms with E-state index in [1.165, 1.54) is 7.11 Å². The minimum Gasteiger partial charge on any atom is -0.467 e. The van der Waals surface area contributed by atoms with Gasteiger partial charge in [-0.25, -0.2) is 4.79 Å². The molecule has 0 saturated carbocycles. The maximum Gasteiger partial charge on any atom is 0.335 e. The summed E-state index contributed by atoms with van der Waals surface area (Å²) in [5.74, 6) is -0.676. The Kier molecular flexibility index (Phi) is 8.29. The zero-order chi connectivity index (χ0) is 17.6. The van der Waals surface area contributed by atoms with Gasteiger partial charge in [0.05, 0.1) is 38.6 Å². The molecule has 10 nitrogen and oxygen atoms in total. The van der Waals surface area contributed by atoms with E-state index in [1.807, 2.05) is 0 Å². The highest BCUT2D eigenvalue weighted by Gasteiger charge is 2.39. The summed E-state index contributed by atoms with van der Waals surface area (Å²) in [7, 11) is 1.18. The number of ether oxygens (including phenoxy) is 3. The van der Waals surface area contributed by atoms with Gasteiger partial charge in [-0.15, -0.1) is 0 Å². The summed E-state index contributed by atoms with van der Waals surface area (Å²) in [5, 5.41) is 53.5. The minimum absolute atomic E-state index is 0.0785. The molecule has 0 amide bonds. The molecule has 6 N–H and O–H groups in total. The smallest absolute Gasteiger partial charge is 0.335 e. The van der Waals surface area contributed by atoms with Crippen LogP contribution in [0.25, 0.3) is 0 Å². The summed E-state index contributed by atoms with van der Waals surface area (Å²) in [6.07, 6.45) is -6.20. The second-order valence-corrected chi connectivity index (χ2v) is 5.30. The highest BCUT2D eigenvalue weighted by atomic mass is 16.6. The van der Waals surface area contributed by atoms with Crippen molar-refractivity contribution in [2.45, 2.75) is 55.8 Å². The van der Waals surface area contributed by atoms with Crippen LogP contribution in [0.3, 0.4) is 0 Å². The first-order chi connectivity index (χ1) is 10.8. The van der Waals surface area contributed by atoms with Gasteiger partial charge >= 0.3 is 5.97 Å². The molecule has 10 heteroatoms. The van der Waals surface area contributed by atoms with Crippen molar-refractivity contribution in [2.75, 3.05) is 20.3 Å². The van der Waals surface area contributed by atoms with E-state index in [-0.39, 0.29) is 25.7 Å². The monoisotopic (exact) mass is 340 g/mol. The molecule has 0 bridgehead atoms. The SMILES string of the molecule is COC(=O)[C@H]1CC(O)[C@@H](O)C(O)O1.OCC1CC(O)[C@@H](CO)O1. The summed E-state index contributed by atoms with van der Waals surface area (Å²) in [5.41, 5.74) is 0. The van der Waals surface area contributed by atoms with Crippen LogP contribution in [0.5, 0.6) is 0 Å². The first-order valence-corrected chi connectivity index (χ1v) is 7.16. The van der Waals surface area contributed by atoms with E-state index in [9.17, 15) is 4.79 Å². The highest BCUT2D eigenvalue weighted by Crippen LogP contribution is 2.20. The van der Waals surface area contributed by atoms with Crippen LogP contribution in [0, 0.1) is 0 Å². The summed E-state index contributed by atoms with van der Waals surface area (Å²) in [6, 6.07) is 0. The second-order valence-electron chi connectivity index (χ2n) is 5.30. The van der Waals surface area contributed by atoms with Gasteiger partial charge in [-0.3, -0.25) is 0 Å². The molecule has 4 unspecified atom stereocenters. The molecule has 23 heavy (non-hydrogen) atoms. The van der Waals surface area contributed by atoms with Gasteiger partial charge in [0.25, 0.3) is 0 Å². The van der Waals surface area contributed by atoms with Crippen molar-refractivity contribution < 1.29 is 49.6 Å². The fourth-order valence-electron chi connectivity index (χ4n) is 2.23. The molecule has 2 rings (SSSR count). The molecular formula is C13H24O10. The van der Waals surface area contributed by atoms with E-state index in [1.54, 1.807) is 0 Å². The molecular weight excluding hydrogens is 316 g/mol. The van der Waals surface area contributed by atoms with E-state index in [2.05, 4.69) is 4.74 Å². The predicted octanol–water partition coefficient (Wildman–Crippen LogP) is -3.52. The molecule has 2 saturated heterocycles. The maximum absolute atomic E-state index is 10.9. The van der Waals surface area contributed by atoms with Crippen molar-refractivity contribution in [1.29, 1.82) is 0 Å². The van der Waals surface area contributed by atoms with E-state index < -0.39 is 42.8 Å². The average Bonchev–Trinajstić information content (AvgIpc) is 2.92. The molecule has 0 aliphatic carbocycles. The van der Waals surface area contributed by atoms with Crippen LogP contribution in [0.1, 0.15) is 12.8 Å². The zero-order valence-corrected chi connectivity index (χ0v) is 12.7. The molecule has 0 spiro atoms. The van der Waals surface area contributed by atoms with Gasteiger partial charge in [-0.05, 0) is 0 Å². The van der Waals surface area contributed by atoms with Gasteiger partial charge in [-0.2, -0.15) is 0 Å². The normalized spacial score (nSPS) is 40.2. The molecule has 2 aliphatic heterocycles. The lowest BCUT2D eigenvalue weighted by molar-refractivity contribution is -0.249. The maximum atomic E-state index is 10.9. The van der Waals surface area contributed by atoms with E-state index in [0.29, 0.717) is 6.42 Å². The van der Waals surface area contributed by atoms with Crippen molar-refractivity contribution in [3.8, 4) is 0 Å². The third-order valence-corrected chi connectivity index (χ3v) is 3.59. The molecule has 7 atom stereocenters. The summed E-state index contributed by atoms with van der Waals surface area (Å²) in [6.45, 7) is -0.273. The lowest BCUT2D eigenvalue weighted by atomic mass is 10.0. The Labute approximate surface area is 132 Å². The quantitative estimate of drug-likeness (QED) is 0.283. The lowest BCUT2D eigenvalue weighted by Gasteiger charge is -2.32. The fourth-order valence-corrected chi connectivity index (χ4v) is 2.23. The molecule has 0 aromatic carbocycles. The van der Waals surface area contributed by atoms with Crippen LogP contribution < -0.4 is 0 Å². The van der Waals surface area contributed by atoms with Gasteiger partial charge in [0.2, 0.25) is 0 Å². The Morgan fingerprint density at radius 1 is 1.04 bits per heavy atom. The Balaban J connectivity index is 0.000000238. The highest BCUT2D eigenvalue weighted by molar-refractivity contribution is 5.74. The molecule has 0 aromatic rings. The number of hydrogen-bond donors (Lipinski definition) is 6. The van der Waals surface area contributed by atoms with Crippen molar-refractivity contribution in [2.24, 2.45) is 0 Å². The Bertz CT molecular complexity index is 353. The minimum atomic E-state index is -1.55.